The van der Waals surface area contributed by atoms with Gasteiger partial charge in [0.2, 0.25) is 0 Å². The summed E-state index contributed by atoms with van der Waals surface area (Å²) in [5, 5.41) is 0. The van der Waals surface area contributed by atoms with Gasteiger partial charge in [-0.05, 0) is 30.2 Å². The first-order chi connectivity index (χ1) is 5.34. The van der Waals surface area contributed by atoms with Gasteiger partial charge in [-0.1, -0.05) is 12.2 Å². The maximum atomic E-state index is 3.88. The molecule has 1 aliphatic rings. The van der Waals surface area contributed by atoms with Crippen LogP contribution >= 0.6 is 0 Å². The van der Waals surface area contributed by atoms with E-state index in [-0.39, 0.29) is 0 Å². The molecule has 0 fully saturated rings. The zero-order chi connectivity index (χ0) is 8.10. The predicted octanol–water partition coefficient (Wildman–Crippen LogP) is 2.28. The zero-order valence-corrected chi connectivity index (χ0v) is 6.83. The van der Waals surface area contributed by atoms with Gasteiger partial charge in [0, 0.05) is 13.3 Å². The van der Waals surface area contributed by atoms with Crippen LogP contribution in [-0.2, 0) is 0 Å². The van der Waals surface area contributed by atoms with Crippen molar-refractivity contribution in [2.45, 2.75) is 6.92 Å². The maximum absolute atomic E-state index is 3.88. The van der Waals surface area contributed by atoms with E-state index >= 15 is 0 Å². The van der Waals surface area contributed by atoms with Crippen LogP contribution in [0.15, 0.2) is 46.2 Å². The molecule has 1 nitrogen and oxygen atoms in total. The molecule has 0 aromatic heterocycles. The third-order valence-electron chi connectivity index (χ3n) is 1.51. The Morgan fingerprint density at radius 2 is 2.36 bits per heavy atom. The van der Waals surface area contributed by atoms with Crippen LogP contribution in [0.4, 0.5) is 0 Å². The number of rotatable bonds is 1. The monoisotopic (exact) mass is 145 g/mol. The second kappa shape index (κ2) is 3.75. The van der Waals surface area contributed by atoms with E-state index in [1.807, 2.05) is 31.2 Å². The molecule has 0 aliphatic heterocycles. The van der Waals surface area contributed by atoms with Crippen LogP contribution in [0.2, 0.25) is 0 Å². The molecule has 0 bridgehead atoms. The molecular weight excluding hydrogens is 134 g/mol. The second-order valence-electron chi connectivity index (χ2n) is 2.32. The summed E-state index contributed by atoms with van der Waals surface area (Å²) in [6.07, 6.45) is 9.70. The van der Waals surface area contributed by atoms with Gasteiger partial charge in [0.1, 0.15) is 0 Å². The van der Waals surface area contributed by atoms with Crippen molar-refractivity contribution in [3.05, 3.63) is 41.2 Å². The molecule has 0 saturated heterocycles. The summed E-state index contributed by atoms with van der Waals surface area (Å²) in [5.74, 6) is 0. The molecule has 1 aliphatic carbocycles. The number of allylic oxidation sites excluding steroid dienone is 5. The summed E-state index contributed by atoms with van der Waals surface area (Å²) in [6.45, 7) is 2.04. The van der Waals surface area contributed by atoms with Crippen molar-refractivity contribution >= 4 is 6.21 Å². The van der Waals surface area contributed by atoms with Crippen LogP contribution in [-0.4, -0.2) is 13.3 Å². The summed E-state index contributed by atoms with van der Waals surface area (Å²) in [4.78, 5) is 3.88. The maximum Gasteiger partial charge on any atom is 0.0277 e. The lowest BCUT2D eigenvalue weighted by Gasteiger charge is -1.99. The molecule has 1 heteroatoms. The summed E-state index contributed by atoms with van der Waals surface area (Å²) in [6, 6.07) is 0. The highest BCUT2D eigenvalue weighted by Crippen LogP contribution is 2.11. The Morgan fingerprint density at radius 1 is 1.55 bits per heavy atom. The fourth-order valence-corrected chi connectivity index (χ4v) is 0.869. The van der Waals surface area contributed by atoms with Crippen LogP contribution in [0, 0.1) is 0 Å². The van der Waals surface area contributed by atoms with Crippen LogP contribution in [0.3, 0.4) is 0 Å². The second-order valence-corrected chi connectivity index (χ2v) is 2.32. The fraction of sp³-hybridized carbons (Fsp3) is 0.200. The molecule has 0 spiro atoms. The van der Waals surface area contributed by atoms with Crippen molar-refractivity contribution in [3.8, 4) is 0 Å². The SMILES string of the molecule is CN=C/C=C1/C=CC=C=C1C. The summed E-state index contributed by atoms with van der Waals surface area (Å²) >= 11 is 0. The summed E-state index contributed by atoms with van der Waals surface area (Å²) < 4.78 is 0. The Morgan fingerprint density at radius 3 is 3.00 bits per heavy atom. The van der Waals surface area contributed by atoms with Crippen molar-refractivity contribution < 1.29 is 0 Å². The lowest BCUT2D eigenvalue weighted by Crippen LogP contribution is -1.83. The highest BCUT2D eigenvalue weighted by molar-refractivity contribution is 5.74. The van der Waals surface area contributed by atoms with Crippen LogP contribution < -0.4 is 0 Å². The fourth-order valence-electron chi connectivity index (χ4n) is 0.869. The smallest absolute Gasteiger partial charge is 0.0277 e. The number of aliphatic imine (C=N–C) groups is 1. The first kappa shape index (κ1) is 7.77. The van der Waals surface area contributed by atoms with Crippen molar-refractivity contribution in [2.24, 2.45) is 4.99 Å². The minimum atomic E-state index is 1.16. The third kappa shape index (κ3) is 2.06. The van der Waals surface area contributed by atoms with Crippen molar-refractivity contribution in [2.75, 3.05) is 7.05 Å². The van der Waals surface area contributed by atoms with Gasteiger partial charge in [-0.3, -0.25) is 4.99 Å². The van der Waals surface area contributed by atoms with Gasteiger partial charge in [-0.15, -0.1) is 5.73 Å². The van der Waals surface area contributed by atoms with E-state index in [1.165, 1.54) is 5.57 Å². The lowest BCUT2D eigenvalue weighted by atomic mass is 10.1. The third-order valence-corrected chi connectivity index (χ3v) is 1.51. The zero-order valence-electron chi connectivity index (χ0n) is 6.83. The Balaban J connectivity index is 2.91. The van der Waals surface area contributed by atoms with Crippen LogP contribution in [0.5, 0.6) is 0 Å². The molecule has 0 aromatic carbocycles. The highest BCUT2D eigenvalue weighted by Gasteiger charge is 1.94. The minimum Gasteiger partial charge on any atom is -0.296 e. The van der Waals surface area contributed by atoms with E-state index in [0.29, 0.717) is 0 Å². The molecule has 0 amide bonds. The molecule has 0 saturated carbocycles. The van der Waals surface area contributed by atoms with Crippen LogP contribution in [0.1, 0.15) is 6.92 Å². The molecular formula is C10H11N. The minimum absolute atomic E-state index is 1.16. The quantitative estimate of drug-likeness (QED) is 0.396. The Labute approximate surface area is 67.2 Å². The first-order valence-electron chi connectivity index (χ1n) is 3.57. The Kier molecular flexibility index (Phi) is 2.65. The molecule has 1 rings (SSSR count). The number of hydrogen-bond acceptors (Lipinski definition) is 1. The van der Waals surface area contributed by atoms with Crippen molar-refractivity contribution in [3.63, 3.8) is 0 Å². The molecule has 0 heterocycles. The first-order valence-corrected chi connectivity index (χ1v) is 3.57. The van der Waals surface area contributed by atoms with E-state index in [9.17, 15) is 0 Å². The molecule has 11 heavy (non-hydrogen) atoms. The van der Waals surface area contributed by atoms with E-state index < -0.39 is 0 Å². The van der Waals surface area contributed by atoms with Crippen molar-refractivity contribution in [1.29, 1.82) is 0 Å². The highest BCUT2D eigenvalue weighted by atomic mass is 14.6. The average molecular weight is 145 g/mol. The number of hydrogen-bond donors (Lipinski definition) is 0. The topological polar surface area (TPSA) is 12.4 Å². The van der Waals surface area contributed by atoms with Crippen molar-refractivity contribution in [1.82, 2.24) is 0 Å². The Bertz CT molecular complexity index is 284. The van der Waals surface area contributed by atoms with Gasteiger partial charge >= 0.3 is 0 Å². The normalized spacial score (nSPS) is 19.8. The molecule has 0 atom stereocenters. The van der Waals surface area contributed by atoms with Gasteiger partial charge < -0.3 is 0 Å². The molecule has 0 radical (unpaired) electrons. The van der Waals surface area contributed by atoms with Gasteiger partial charge in [0.05, 0.1) is 0 Å². The van der Waals surface area contributed by atoms with Gasteiger partial charge in [-0.2, -0.15) is 0 Å². The van der Waals surface area contributed by atoms with Gasteiger partial charge in [-0.25, -0.2) is 0 Å². The predicted molar refractivity (Wildman–Crippen MR) is 48.9 cm³/mol. The molecule has 56 valence electrons. The van der Waals surface area contributed by atoms with E-state index in [2.05, 4.69) is 10.7 Å². The van der Waals surface area contributed by atoms with Gasteiger partial charge in [0.15, 0.2) is 0 Å². The van der Waals surface area contributed by atoms with E-state index in [1.54, 1.807) is 13.3 Å². The summed E-state index contributed by atoms with van der Waals surface area (Å²) in [5.41, 5.74) is 5.45. The molecule has 0 aromatic rings. The number of nitrogens with zero attached hydrogens (tertiary/aromatic N) is 1. The largest absolute Gasteiger partial charge is 0.296 e. The van der Waals surface area contributed by atoms with Crippen LogP contribution in [0.25, 0.3) is 0 Å². The van der Waals surface area contributed by atoms with E-state index in [4.69, 9.17) is 0 Å². The molecule has 0 unspecified atom stereocenters. The summed E-state index contributed by atoms with van der Waals surface area (Å²) in [7, 11) is 1.76. The standard InChI is InChI=1S/C10H11N/c1-9-5-3-4-6-10(9)7-8-11-2/h3-4,6-8H,1-2H3/b10-7-,11-8?. The van der Waals surface area contributed by atoms with E-state index in [0.717, 1.165) is 5.57 Å². The van der Waals surface area contributed by atoms with Gasteiger partial charge in [0.25, 0.3) is 0 Å². The Hall–Kier alpha value is -1.33. The molecule has 0 N–H and O–H groups in total. The average Bonchev–Trinajstić information content (AvgIpc) is 2.03. The lowest BCUT2D eigenvalue weighted by molar-refractivity contribution is 1.42.